The molecule has 0 amide bonds. The van der Waals surface area contributed by atoms with Gasteiger partial charge in [0.15, 0.2) is 0 Å². The van der Waals surface area contributed by atoms with Gasteiger partial charge >= 0.3 is 0 Å². The lowest BCUT2D eigenvalue weighted by molar-refractivity contribution is 0.170. The van der Waals surface area contributed by atoms with E-state index in [-0.39, 0.29) is 0 Å². The van der Waals surface area contributed by atoms with Crippen LogP contribution in [0.2, 0.25) is 0 Å². The van der Waals surface area contributed by atoms with Crippen LogP contribution in [0.25, 0.3) is 0 Å². The fourth-order valence-corrected chi connectivity index (χ4v) is 1.57. The van der Waals surface area contributed by atoms with Gasteiger partial charge in [0.1, 0.15) is 11.6 Å². The van der Waals surface area contributed by atoms with Gasteiger partial charge in [-0.2, -0.15) is 4.98 Å². The minimum Gasteiger partial charge on any atom is -0.477 e. The van der Waals surface area contributed by atoms with E-state index in [1.807, 2.05) is 6.92 Å². The molecule has 0 spiro atoms. The first-order valence-corrected chi connectivity index (χ1v) is 5.98. The van der Waals surface area contributed by atoms with Gasteiger partial charge in [0.05, 0.1) is 12.2 Å². The highest BCUT2D eigenvalue weighted by Gasteiger charge is 2.28. The van der Waals surface area contributed by atoms with Gasteiger partial charge in [0, 0.05) is 26.1 Å². The fourth-order valence-electron chi connectivity index (χ4n) is 1.57. The Morgan fingerprint density at radius 3 is 2.71 bits per heavy atom. The standard InChI is InChI=1S/C12H19N3O2/c1-8-10(13)14-11(9-4-5-9)15-12(8)17-7-3-6-16-2/h9H,3-7H2,1-2H3,(H2,13,14,15). The van der Waals surface area contributed by atoms with Crippen molar-refractivity contribution in [3.8, 4) is 5.88 Å². The van der Waals surface area contributed by atoms with Crippen LogP contribution in [0.3, 0.4) is 0 Å². The van der Waals surface area contributed by atoms with Crippen molar-refractivity contribution in [3.05, 3.63) is 11.4 Å². The molecule has 17 heavy (non-hydrogen) atoms. The van der Waals surface area contributed by atoms with E-state index in [9.17, 15) is 0 Å². The number of anilines is 1. The van der Waals surface area contributed by atoms with Crippen LogP contribution in [0.15, 0.2) is 0 Å². The summed E-state index contributed by atoms with van der Waals surface area (Å²) in [5.41, 5.74) is 6.69. The van der Waals surface area contributed by atoms with E-state index < -0.39 is 0 Å². The molecule has 1 heterocycles. The third kappa shape index (κ3) is 3.06. The zero-order valence-electron chi connectivity index (χ0n) is 10.4. The van der Waals surface area contributed by atoms with Crippen LogP contribution in [0, 0.1) is 6.92 Å². The summed E-state index contributed by atoms with van der Waals surface area (Å²) in [5, 5.41) is 0. The number of hydrogen-bond donors (Lipinski definition) is 1. The summed E-state index contributed by atoms with van der Waals surface area (Å²) in [6.07, 6.45) is 3.16. The molecule has 1 aromatic rings. The molecule has 0 atom stereocenters. The first-order chi connectivity index (χ1) is 8.22. The normalized spacial score (nSPS) is 14.9. The summed E-state index contributed by atoms with van der Waals surface area (Å²) in [6, 6.07) is 0. The summed E-state index contributed by atoms with van der Waals surface area (Å²) >= 11 is 0. The maximum atomic E-state index is 5.86. The first kappa shape index (κ1) is 12.1. The number of nitrogen functional groups attached to an aromatic ring is 1. The first-order valence-electron chi connectivity index (χ1n) is 5.98. The lowest BCUT2D eigenvalue weighted by atomic mass is 10.3. The molecule has 1 aliphatic rings. The molecule has 0 unspecified atom stereocenters. The molecule has 94 valence electrons. The van der Waals surface area contributed by atoms with E-state index in [0.29, 0.717) is 30.8 Å². The molecule has 2 rings (SSSR count). The third-order valence-corrected chi connectivity index (χ3v) is 2.83. The van der Waals surface area contributed by atoms with E-state index in [1.165, 1.54) is 0 Å². The second-order valence-corrected chi connectivity index (χ2v) is 4.37. The van der Waals surface area contributed by atoms with Gasteiger partial charge in [-0.05, 0) is 19.8 Å². The number of nitrogens with zero attached hydrogens (tertiary/aromatic N) is 2. The van der Waals surface area contributed by atoms with Crippen molar-refractivity contribution in [1.82, 2.24) is 9.97 Å². The van der Waals surface area contributed by atoms with Gasteiger partial charge in [-0.15, -0.1) is 0 Å². The van der Waals surface area contributed by atoms with E-state index in [1.54, 1.807) is 7.11 Å². The van der Waals surface area contributed by atoms with Crippen molar-refractivity contribution in [2.45, 2.75) is 32.1 Å². The van der Waals surface area contributed by atoms with Gasteiger partial charge in [0.25, 0.3) is 0 Å². The van der Waals surface area contributed by atoms with Crippen LogP contribution in [-0.2, 0) is 4.74 Å². The maximum absolute atomic E-state index is 5.86. The molecule has 1 aliphatic carbocycles. The van der Waals surface area contributed by atoms with Crippen LogP contribution in [0.4, 0.5) is 5.82 Å². The molecule has 5 nitrogen and oxygen atoms in total. The van der Waals surface area contributed by atoms with Gasteiger partial charge < -0.3 is 15.2 Å². The Balaban J connectivity index is 2.03. The van der Waals surface area contributed by atoms with Crippen molar-refractivity contribution in [2.24, 2.45) is 0 Å². The molecule has 0 aliphatic heterocycles. The predicted molar refractivity (Wildman–Crippen MR) is 65.1 cm³/mol. The predicted octanol–water partition coefficient (Wildman–Crippen LogP) is 1.66. The highest BCUT2D eigenvalue weighted by molar-refractivity contribution is 5.45. The lowest BCUT2D eigenvalue weighted by Crippen LogP contribution is -2.08. The van der Waals surface area contributed by atoms with Crippen LogP contribution in [-0.4, -0.2) is 30.3 Å². The van der Waals surface area contributed by atoms with Crippen molar-refractivity contribution in [1.29, 1.82) is 0 Å². The van der Waals surface area contributed by atoms with E-state index >= 15 is 0 Å². The van der Waals surface area contributed by atoms with E-state index in [0.717, 1.165) is 30.7 Å². The zero-order valence-corrected chi connectivity index (χ0v) is 10.4. The van der Waals surface area contributed by atoms with Gasteiger partial charge in [-0.1, -0.05) is 0 Å². The number of nitrogens with two attached hydrogens (primary N) is 1. The molecule has 0 saturated heterocycles. The quantitative estimate of drug-likeness (QED) is 0.762. The number of aromatic nitrogens is 2. The maximum Gasteiger partial charge on any atom is 0.221 e. The Hall–Kier alpha value is -1.36. The average Bonchev–Trinajstić information content (AvgIpc) is 3.13. The van der Waals surface area contributed by atoms with Crippen LogP contribution in [0.5, 0.6) is 5.88 Å². The topological polar surface area (TPSA) is 70.3 Å². The zero-order chi connectivity index (χ0) is 12.3. The molecule has 1 aromatic heterocycles. The molecule has 1 saturated carbocycles. The van der Waals surface area contributed by atoms with E-state index in [2.05, 4.69) is 9.97 Å². The minimum atomic E-state index is 0.485. The Labute approximate surface area is 101 Å². The summed E-state index contributed by atoms with van der Waals surface area (Å²) < 4.78 is 10.6. The Bertz CT molecular complexity index is 392. The fraction of sp³-hybridized carbons (Fsp3) is 0.667. The largest absolute Gasteiger partial charge is 0.477 e. The minimum absolute atomic E-state index is 0.485. The number of ether oxygens (including phenoxy) is 2. The molecule has 1 fully saturated rings. The Kier molecular flexibility index (Phi) is 3.78. The van der Waals surface area contributed by atoms with Gasteiger partial charge in [-0.3, -0.25) is 0 Å². The highest BCUT2D eigenvalue weighted by atomic mass is 16.5. The number of methoxy groups -OCH3 is 1. The van der Waals surface area contributed by atoms with Crippen LogP contribution >= 0.6 is 0 Å². The Morgan fingerprint density at radius 2 is 2.06 bits per heavy atom. The molecule has 0 aromatic carbocycles. The molecule has 0 bridgehead atoms. The number of hydrogen-bond acceptors (Lipinski definition) is 5. The highest BCUT2D eigenvalue weighted by Crippen LogP contribution is 2.39. The van der Waals surface area contributed by atoms with Crippen LogP contribution in [0.1, 0.15) is 36.6 Å². The van der Waals surface area contributed by atoms with Gasteiger partial charge in [0.2, 0.25) is 5.88 Å². The molecule has 2 N–H and O–H groups in total. The average molecular weight is 237 g/mol. The van der Waals surface area contributed by atoms with Crippen molar-refractivity contribution in [3.63, 3.8) is 0 Å². The molecule has 0 radical (unpaired) electrons. The third-order valence-electron chi connectivity index (χ3n) is 2.83. The summed E-state index contributed by atoms with van der Waals surface area (Å²) in [5.74, 6) is 2.47. The van der Waals surface area contributed by atoms with Crippen LogP contribution < -0.4 is 10.5 Å². The smallest absolute Gasteiger partial charge is 0.221 e. The summed E-state index contributed by atoms with van der Waals surface area (Å²) in [6.45, 7) is 3.17. The van der Waals surface area contributed by atoms with Crippen molar-refractivity contribution in [2.75, 3.05) is 26.1 Å². The summed E-state index contributed by atoms with van der Waals surface area (Å²) in [4.78, 5) is 8.74. The molecular weight excluding hydrogens is 218 g/mol. The van der Waals surface area contributed by atoms with Crippen molar-refractivity contribution >= 4 is 5.82 Å². The second kappa shape index (κ2) is 5.31. The lowest BCUT2D eigenvalue weighted by Gasteiger charge is -2.10. The Morgan fingerprint density at radius 1 is 1.29 bits per heavy atom. The molecular formula is C12H19N3O2. The summed E-state index contributed by atoms with van der Waals surface area (Å²) in [7, 11) is 1.68. The monoisotopic (exact) mass is 237 g/mol. The molecule has 5 heteroatoms. The van der Waals surface area contributed by atoms with Crippen molar-refractivity contribution < 1.29 is 9.47 Å². The number of rotatable bonds is 6. The second-order valence-electron chi connectivity index (χ2n) is 4.37. The van der Waals surface area contributed by atoms with E-state index in [4.69, 9.17) is 15.2 Å². The van der Waals surface area contributed by atoms with Gasteiger partial charge in [-0.25, -0.2) is 4.98 Å². The SMILES string of the molecule is COCCCOc1nc(C2CC2)nc(N)c1C.